The van der Waals surface area contributed by atoms with Gasteiger partial charge in [-0.05, 0) is 24.3 Å². The lowest BCUT2D eigenvalue weighted by molar-refractivity contribution is -0.0452. The van der Waals surface area contributed by atoms with E-state index in [1.54, 1.807) is 31.5 Å². The van der Waals surface area contributed by atoms with Crippen molar-refractivity contribution in [1.82, 2.24) is 10.3 Å². The van der Waals surface area contributed by atoms with Gasteiger partial charge in [0.05, 0.1) is 19.4 Å². The highest BCUT2D eigenvalue weighted by molar-refractivity contribution is 6.30. The predicted octanol–water partition coefficient (Wildman–Crippen LogP) is 3.27. The highest BCUT2D eigenvalue weighted by Crippen LogP contribution is 2.34. The molecule has 24 heavy (non-hydrogen) atoms. The second-order valence-electron chi connectivity index (χ2n) is 5.20. The summed E-state index contributed by atoms with van der Waals surface area (Å²) >= 11 is 6.02. The van der Waals surface area contributed by atoms with Crippen LogP contribution >= 0.6 is 24.0 Å². The molecule has 1 aliphatic heterocycles. The van der Waals surface area contributed by atoms with Crippen LogP contribution in [0.4, 0.5) is 0 Å². The molecule has 3 rings (SSSR count). The van der Waals surface area contributed by atoms with Crippen molar-refractivity contribution in [3.63, 3.8) is 0 Å². The average Bonchev–Trinajstić information content (AvgIpc) is 2.62. The van der Waals surface area contributed by atoms with Gasteiger partial charge in [0.15, 0.2) is 17.6 Å². The van der Waals surface area contributed by atoms with Crippen LogP contribution in [0.2, 0.25) is 5.02 Å². The average molecular weight is 371 g/mol. The SMILES string of the molecule is COc1cc(Cl)ccc1OC(c1ccccn1)[C@@H]1CNCCO1.Cl. The first-order valence-electron chi connectivity index (χ1n) is 7.51. The summed E-state index contributed by atoms with van der Waals surface area (Å²) in [6.45, 7) is 2.20. The van der Waals surface area contributed by atoms with Gasteiger partial charge in [-0.25, -0.2) is 0 Å². The molecule has 1 fully saturated rings. The van der Waals surface area contributed by atoms with Gasteiger partial charge in [-0.15, -0.1) is 12.4 Å². The van der Waals surface area contributed by atoms with Crippen molar-refractivity contribution >= 4 is 24.0 Å². The summed E-state index contributed by atoms with van der Waals surface area (Å²) in [7, 11) is 1.59. The molecule has 1 aromatic heterocycles. The maximum atomic E-state index is 6.21. The smallest absolute Gasteiger partial charge is 0.168 e. The topological polar surface area (TPSA) is 52.6 Å². The van der Waals surface area contributed by atoms with Crippen molar-refractivity contribution in [2.75, 3.05) is 26.8 Å². The van der Waals surface area contributed by atoms with Gasteiger partial charge in [-0.1, -0.05) is 17.7 Å². The van der Waals surface area contributed by atoms with Crippen molar-refractivity contribution in [2.45, 2.75) is 12.2 Å². The Labute approximate surface area is 152 Å². The van der Waals surface area contributed by atoms with Crippen LogP contribution in [-0.4, -0.2) is 37.9 Å². The quantitative estimate of drug-likeness (QED) is 0.874. The number of aromatic nitrogens is 1. The third kappa shape index (κ3) is 4.51. The van der Waals surface area contributed by atoms with Crippen molar-refractivity contribution in [3.8, 4) is 11.5 Å². The highest BCUT2D eigenvalue weighted by Gasteiger charge is 2.29. The minimum absolute atomic E-state index is 0. The Kier molecular flexibility index (Phi) is 7.12. The molecule has 1 N–H and O–H groups in total. The Morgan fingerprint density at radius 3 is 2.83 bits per heavy atom. The molecule has 0 bridgehead atoms. The Hall–Kier alpha value is -1.53. The molecule has 1 aromatic carbocycles. The monoisotopic (exact) mass is 370 g/mol. The van der Waals surface area contributed by atoms with Gasteiger partial charge >= 0.3 is 0 Å². The first-order valence-corrected chi connectivity index (χ1v) is 7.89. The van der Waals surface area contributed by atoms with E-state index in [1.807, 2.05) is 18.2 Å². The Bertz CT molecular complexity index is 637. The zero-order valence-corrected chi connectivity index (χ0v) is 14.8. The number of hydrogen-bond donors (Lipinski definition) is 1. The number of nitrogens with one attached hydrogen (secondary N) is 1. The van der Waals surface area contributed by atoms with Crippen LogP contribution in [0.25, 0.3) is 0 Å². The fraction of sp³-hybridized carbons (Fsp3) is 0.353. The third-order valence-electron chi connectivity index (χ3n) is 3.65. The van der Waals surface area contributed by atoms with Crippen LogP contribution < -0.4 is 14.8 Å². The van der Waals surface area contributed by atoms with Crippen LogP contribution in [-0.2, 0) is 4.74 Å². The molecule has 0 amide bonds. The summed E-state index contributed by atoms with van der Waals surface area (Å²) in [6.07, 6.45) is 1.29. The van der Waals surface area contributed by atoms with E-state index in [1.165, 1.54) is 0 Å². The lowest BCUT2D eigenvalue weighted by atomic mass is 10.1. The maximum absolute atomic E-state index is 6.21. The highest BCUT2D eigenvalue weighted by atomic mass is 35.5. The van der Waals surface area contributed by atoms with Crippen molar-refractivity contribution in [2.24, 2.45) is 0 Å². The standard InChI is InChI=1S/C17H19ClN2O3.ClH/c1-21-15-10-12(18)5-6-14(15)23-17(13-4-2-3-7-20-13)16-11-19-8-9-22-16;/h2-7,10,16-17,19H,8-9,11H2,1H3;1H/t16-,17?;/m0./s1. The first-order chi connectivity index (χ1) is 11.3. The van der Waals surface area contributed by atoms with Gasteiger partial charge in [-0.2, -0.15) is 0 Å². The largest absolute Gasteiger partial charge is 0.493 e. The maximum Gasteiger partial charge on any atom is 0.168 e. The molecule has 1 aliphatic rings. The molecule has 1 unspecified atom stereocenters. The summed E-state index contributed by atoms with van der Waals surface area (Å²) in [5.41, 5.74) is 0.818. The van der Waals surface area contributed by atoms with Crippen LogP contribution in [0, 0.1) is 0 Å². The van der Waals surface area contributed by atoms with E-state index >= 15 is 0 Å². The van der Waals surface area contributed by atoms with E-state index in [9.17, 15) is 0 Å². The van der Waals surface area contributed by atoms with E-state index in [4.69, 9.17) is 25.8 Å². The van der Waals surface area contributed by atoms with E-state index in [0.717, 1.165) is 12.2 Å². The molecule has 2 aromatic rings. The van der Waals surface area contributed by atoms with Gasteiger partial charge in [0, 0.05) is 30.4 Å². The lowest BCUT2D eigenvalue weighted by Crippen LogP contribution is -2.43. The summed E-state index contributed by atoms with van der Waals surface area (Å²) < 4.78 is 17.4. The summed E-state index contributed by atoms with van der Waals surface area (Å²) in [4.78, 5) is 4.42. The molecule has 130 valence electrons. The first kappa shape index (κ1) is 18.8. The third-order valence-corrected chi connectivity index (χ3v) is 3.89. The van der Waals surface area contributed by atoms with Crippen LogP contribution in [0.5, 0.6) is 11.5 Å². The van der Waals surface area contributed by atoms with E-state index in [-0.39, 0.29) is 24.6 Å². The number of rotatable bonds is 5. The lowest BCUT2D eigenvalue weighted by Gasteiger charge is -2.31. The van der Waals surface area contributed by atoms with Crippen LogP contribution in [0.3, 0.4) is 0 Å². The minimum atomic E-state index is -0.334. The zero-order valence-electron chi connectivity index (χ0n) is 13.3. The normalized spacial score (nSPS) is 18.3. The molecular weight excluding hydrogens is 351 g/mol. The summed E-state index contributed by atoms with van der Waals surface area (Å²) in [5, 5.41) is 3.92. The molecular formula is C17H20Cl2N2O3. The summed E-state index contributed by atoms with van der Waals surface area (Å²) in [5.74, 6) is 1.20. The molecule has 2 heterocycles. The number of morpholine rings is 1. The Morgan fingerprint density at radius 2 is 2.17 bits per heavy atom. The summed E-state index contributed by atoms with van der Waals surface area (Å²) in [6, 6.07) is 11.1. The molecule has 2 atom stereocenters. The predicted molar refractivity (Wildman–Crippen MR) is 95.5 cm³/mol. The molecule has 1 saturated heterocycles. The molecule has 0 spiro atoms. The molecule has 0 aliphatic carbocycles. The number of hydrogen-bond acceptors (Lipinski definition) is 5. The van der Waals surface area contributed by atoms with Crippen molar-refractivity contribution in [3.05, 3.63) is 53.3 Å². The van der Waals surface area contributed by atoms with Crippen LogP contribution in [0.15, 0.2) is 42.6 Å². The van der Waals surface area contributed by atoms with E-state index in [2.05, 4.69) is 10.3 Å². The molecule has 5 nitrogen and oxygen atoms in total. The van der Waals surface area contributed by atoms with Gasteiger partial charge < -0.3 is 19.5 Å². The van der Waals surface area contributed by atoms with Crippen molar-refractivity contribution in [1.29, 1.82) is 0 Å². The number of halogens is 2. The Morgan fingerprint density at radius 1 is 1.29 bits per heavy atom. The number of nitrogens with zero attached hydrogens (tertiary/aromatic N) is 1. The van der Waals surface area contributed by atoms with Gasteiger partial charge in [-0.3, -0.25) is 4.98 Å². The second kappa shape index (κ2) is 9.08. The van der Waals surface area contributed by atoms with E-state index < -0.39 is 0 Å². The number of pyridine rings is 1. The molecule has 0 saturated carbocycles. The fourth-order valence-electron chi connectivity index (χ4n) is 2.53. The molecule has 7 heteroatoms. The molecule has 0 radical (unpaired) electrons. The van der Waals surface area contributed by atoms with Gasteiger partial charge in [0.1, 0.15) is 6.10 Å². The Balaban J connectivity index is 0.00000208. The van der Waals surface area contributed by atoms with Crippen LogP contribution in [0.1, 0.15) is 11.8 Å². The zero-order chi connectivity index (χ0) is 16.1. The van der Waals surface area contributed by atoms with Gasteiger partial charge in [0.2, 0.25) is 0 Å². The number of benzene rings is 1. The second-order valence-corrected chi connectivity index (χ2v) is 5.64. The van der Waals surface area contributed by atoms with Gasteiger partial charge in [0.25, 0.3) is 0 Å². The minimum Gasteiger partial charge on any atom is -0.493 e. The number of ether oxygens (including phenoxy) is 3. The number of methoxy groups -OCH3 is 1. The van der Waals surface area contributed by atoms with Crippen molar-refractivity contribution < 1.29 is 14.2 Å². The van der Waals surface area contributed by atoms with E-state index in [0.29, 0.717) is 29.7 Å². The fourth-order valence-corrected chi connectivity index (χ4v) is 2.69.